The molecule has 2 aromatic carbocycles. The number of benzene rings is 2. The molecule has 0 radical (unpaired) electrons. The first-order valence-electron chi connectivity index (χ1n) is 8.83. The van der Waals surface area contributed by atoms with E-state index >= 15 is 0 Å². The molecule has 1 heterocycles. The van der Waals surface area contributed by atoms with Crippen molar-refractivity contribution in [2.45, 2.75) is 31.7 Å². The van der Waals surface area contributed by atoms with Gasteiger partial charge in [0.2, 0.25) is 0 Å². The molecule has 1 saturated heterocycles. The van der Waals surface area contributed by atoms with Crippen molar-refractivity contribution in [3.63, 3.8) is 0 Å². The van der Waals surface area contributed by atoms with Gasteiger partial charge in [-0.05, 0) is 60.7 Å². The third-order valence-electron chi connectivity index (χ3n) is 5.37. The molecule has 0 saturated carbocycles. The number of hydrogen-bond donors (Lipinski definition) is 1. The maximum atomic E-state index is 14.1. The molecule has 1 unspecified atom stereocenters. The molecule has 3 rings (SSSR count). The lowest BCUT2D eigenvalue weighted by Crippen LogP contribution is -2.19. The highest BCUT2D eigenvalue weighted by Gasteiger charge is 2.40. The summed E-state index contributed by atoms with van der Waals surface area (Å²) in [5.41, 5.74) is -2.51. The summed E-state index contributed by atoms with van der Waals surface area (Å²) in [6.07, 6.45) is -9.59. The molecule has 0 aliphatic carbocycles. The second kappa shape index (κ2) is 7.80. The summed E-state index contributed by atoms with van der Waals surface area (Å²) in [5.74, 6) is -1.04. The molecule has 0 aromatic heterocycles. The number of alkyl halides is 6. The Morgan fingerprint density at radius 2 is 1.59 bits per heavy atom. The lowest BCUT2D eigenvalue weighted by Gasteiger charge is -2.23. The smallest absolute Gasteiger partial charge is 0.309 e. The van der Waals surface area contributed by atoms with E-state index in [0.717, 1.165) is 12.1 Å². The van der Waals surface area contributed by atoms with Crippen LogP contribution in [0.4, 0.5) is 30.7 Å². The minimum atomic E-state index is -4.90. The van der Waals surface area contributed by atoms with Crippen LogP contribution >= 0.6 is 11.6 Å². The Hall–Kier alpha value is -1.80. The van der Waals surface area contributed by atoms with Crippen molar-refractivity contribution < 1.29 is 30.7 Å². The summed E-state index contributed by atoms with van der Waals surface area (Å²) < 4.78 is 92.8. The number of nitrogens with one attached hydrogen (secondary N) is 1. The zero-order valence-corrected chi connectivity index (χ0v) is 15.9. The van der Waals surface area contributed by atoms with Crippen LogP contribution in [0.25, 0.3) is 0 Å². The summed E-state index contributed by atoms with van der Waals surface area (Å²) in [5, 5.41) is 3.22. The van der Waals surface area contributed by atoms with Crippen LogP contribution in [-0.4, -0.2) is 6.54 Å². The fourth-order valence-electron chi connectivity index (χ4n) is 3.75. The van der Waals surface area contributed by atoms with E-state index in [1.54, 1.807) is 6.92 Å². The standard InChI is InChI=1S/C20H17ClF7N/c1-10-12(7-15-16(21)3-2-4-17(15)22)9-29-18(10)11-5-13(19(23,24)25)8-14(6-11)20(26,27)28/h2-6,8,10,12,18,29H,7,9H2,1H3/t10-,12?,18+/m0/s1. The van der Waals surface area contributed by atoms with Crippen molar-refractivity contribution >= 4 is 11.6 Å². The maximum Gasteiger partial charge on any atom is 0.416 e. The molecular weight excluding hydrogens is 423 g/mol. The summed E-state index contributed by atoms with van der Waals surface area (Å²) in [7, 11) is 0. The van der Waals surface area contributed by atoms with Crippen molar-refractivity contribution in [3.8, 4) is 0 Å². The average Bonchev–Trinajstić information content (AvgIpc) is 2.97. The lowest BCUT2D eigenvalue weighted by atomic mass is 9.84. The Kier molecular flexibility index (Phi) is 5.89. The van der Waals surface area contributed by atoms with E-state index in [4.69, 9.17) is 11.6 Å². The molecule has 9 heteroatoms. The van der Waals surface area contributed by atoms with Crippen molar-refractivity contribution in [3.05, 3.63) is 69.5 Å². The van der Waals surface area contributed by atoms with E-state index in [0.29, 0.717) is 6.54 Å². The zero-order chi connectivity index (χ0) is 21.6. The molecule has 1 N–H and O–H groups in total. The third-order valence-corrected chi connectivity index (χ3v) is 5.72. The molecule has 0 bridgehead atoms. The maximum absolute atomic E-state index is 14.1. The highest BCUT2D eigenvalue weighted by atomic mass is 35.5. The first kappa shape index (κ1) is 21.9. The monoisotopic (exact) mass is 439 g/mol. The van der Waals surface area contributed by atoms with Crippen LogP contribution < -0.4 is 5.32 Å². The van der Waals surface area contributed by atoms with E-state index in [-0.39, 0.29) is 40.5 Å². The summed E-state index contributed by atoms with van der Waals surface area (Å²) in [6, 6.07) is 5.11. The highest BCUT2D eigenvalue weighted by Crippen LogP contribution is 2.41. The minimum absolute atomic E-state index is 0.0956. The Balaban J connectivity index is 1.91. The van der Waals surface area contributed by atoms with E-state index < -0.39 is 35.3 Å². The van der Waals surface area contributed by atoms with Crippen LogP contribution in [0, 0.1) is 17.7 Å². The predicted octanol–water partition coefficient (Wildman–Crippen LogP) is 6.66. The summed E-state index contributed by atoms with van der Waals surface area (Å²) in [6.45, 7) is 2.03. The van der Waals surface area contributed by atoms with Gasteiger partial charge in [-0.15, -0.1) is 0 Å². The van der Waals surface area contributed by atoms with Crippen LogP contribution in [0.5, 0.6) is 0 Å². The molecule has 29 heavy (non-hydrogen) atoms. The average molecular weight is 440 g/mol. The minimum Gasteiger partial charge on any atom is -0.309 e. The first-order valence-corrected chi connectivity index (χ1v) is 9.21. The Bertz CT molecular complexity index is 839. The van der Waals surface area contributed by atoms with Gasteiger partial charge in [0.25, 0.3) is 0 Å². The fraction of sp³-hybridized carbons (Fsp3) is 0.400. The van der Waals surface area contributed by atoms with Gasteiger partial charge in [0, 0.05) is 16.6 Å². The fourth-order valence-corrected chi connectivity index (χ4v) is 3.99. The number of hydrogen-bond acceptors (Lipinski definition) is 1. The van der Waals surface area contributed by atoms with E-state index in [9.17, 15) is 30.7 Å². The number of rotatable bonds is 3. The summed E-state index contributed by atoms with van der Waals surface area (Å²) >= 11 is 6.04. The lowest BCUT2D eigenvalue weighted by molar-refractivity contribution is -0.143. The molecule has 1 aliphatic rings. The van der Waals surface area contributed by atoms with Gasteiger partial charge in [-0.1, -0.05) is 24.6 Å². The topological polar surface area (TPSA) is 12.0 Å². The molecule has 1 nitrogen and oxygen atoms in total. The van der Waals surface area contributed by atoms with Gasteiger partial charge < -0.3 is 5.32 Å². The van der Waals surface area contributed by atoms with Gasteiger partial charge in [0.05, 0.1) is 11.1 Å². The van der Waals surface area contributed by atoms with Gasteiger partial charge in [-0.25, -0.2) is 4.39 Å². The van der Waals surface area contributed by atoms with Crippen molar-refractivity contribution in [1.82, 2.24) is 5.32 Å². The molecule has 0 amide bonds. The quantitative estimate of drug-likeness (QED) is 0.527. The normalized spacial score (nSPS) is 22.9. The van der Waals surface area contributed by atoms with Crippen LogP contribution in [0.15, 0.2) is 36.4 Å². The number of halogens is 8. The zero-order valence-electron chi connectivity index (χ0n) is 15.1. The van der Waals surface area contributed by atoms with E-state index in [1.807, 2.05) is 0 Å². The van der Waals surface area contributed by atoms with Gasteiger partial charge >= 0.3 is 12.4 Å². The molecule has 0 spiro atoms. The largest absolute Gasteiger partial charge is 0.416 e. The van der Waals surface area contributed by atoms with Gasteiger partial charge in [-0.2, -0.15) is 26.3 Å². The molecule has 3 atom stereocenters. The van der Waals surface area contributed by atoms with Crippen LogP contribution in [-0.2, 0) is 18.8 Å². The van der Waals surface area contributed by atoms with E-state index in [2.05, 4.69) is 5.32 Å². The second-order valence-corrected chi connectivity index (χ2v) is 7.66. The molecular formula is C20H17ClF7N. The van der Waals surface area contributed by atoms with Crippen LogP contribution in [0.1, 0.15) is 35.2 Å². The Labute approximate surface area is 167 Å². The van der Waals surface area contributed by atoms with Crippen LogP contribution in [0.3, 0.4) is 0 Å². The molecule has 1 fully saturated rings. The Morgan fingerprint density at radius 1 is 1.00 bits per heavy atom. The molecule has 1 aliphatic heterocycles. The van der Waals surface area contributed by atoms with Crippen LogP contribution in [0.2, 0.25) is 5.02 Å². The van der Waals surface area contributed by atoms with Gasteiger partial charge in [-0.3, -0.25) is 0 Å². The van der Waals surface area contributed by atoms with Crippen molar-refractivity contribution in [1.29, 1.82) is 0 Å². The second-order valence-electron chi connectivity index (χ2n) is 7.25. The van der Waals surface area contributed by atoms with Gasteiger partial charge in [0.1, 0.15) is 5.82 Å². The first-order chi connectivity index (χ1) is 13.4. The third kappa shape index (κ3) is 4.69. The molecule has 2 aromatic rings. The van der Waals surface area contributed by atoms with Gasteiger partial charge in [0.15, 0.2) is 0 Å². The van der Waals surface area contributed by atoms with Crippen molar-refractivity contribution in [2.75, 3.05) is 6.54 Å². The molecule has 158 valence electrons. The highest BCUT2D eigenvalue weighted by molar-refractivity contribution is 6.31. The SMILES string of the molecule is C[C@H]1C(Cc2c(F)cccc2Cl)CN[C@H]1c1cc(C(F)(F)F)cc(C(F)(F)F)c1. The summed E-state index contributed by atoms with van der Waals surface area (Å²) in [4.78, 5) is 0. The van der Waals surface area contributed by atoms with E-state index in [1.165, 1.54) is 18.2 Å². The predicted molar refractivity (Wildman–Crippen MR) is 95.0 cm³/mol. The Morgan fingerprint density at radius 3 is 2.10 bits per heavy atom. The van der Waals surface area contributed by atoms with Crippen molar-refractivity contribution in [2.24, 2.45) is 11.8 Å².